The van der Waals surface area contributed by atoms with E-state index in [4.69, 9.17) is 10.5 Å². The molecule has 21 heavy (non-hydrogen) atoms. The number of alkyl halides is 3. The number of ether oxygens (including phenoxy) is 3. The molecule has 1 aromatic rings. The number of hydrogen-bond donors (Lipinski definition) is 1. The Morgan fingerprint density at radius 2 is 1.86 bits per heavy atom. The van der Waals surface area contributed by atoms with E-state index in [0.29, 0.717) is 12.2 Å². The van der Waals surface area contributed by atoms with Crippen LogP contribution in [-0.2, 0) is 20.7 Å². The highest BCUT2D eigenvalue weighted by Crippen LogP contribution is 2.17. The molecule has 1 unspecified atom stereocenters. The molecule has 0 amide bonds. The summed E-state index contributed by atoms with van der Waals surface area (Å²) in [4.78, 5) is 11.2. The Balaban J connectivity index is 2.38. The fourth-order valence-electron chi connectivity index (χ4n) is 1.53. The summed E-state index contributed by atoms with van der Waals surface area (Å²) in [5, 5.41) is 0. The number of halogens is 3. The van der Waals surface area contributed by atoms with Gasteiger partial charge in [-0.25, -0.2) is 0 Å². The summed E-state index contributed by atoms with van der Waals surface area (Å²) in [7, 11) is 1.25. The van der Waals surface area contributed by atoms with E-state index in [0.717, 1.165) is 5.56 Å². The first-order valence-electron chi connectivity index (χ1n) is 6.07. The Kier molecular flexibility index (Phi) is 6.44. The summed E-state index contributed by atoms with van der Waals surface area (Å²) in [6.07, 6.45) is -4.36. The predicted octanol–water partition coefficient (Wildman–Crippen LogP) is 1.64. The maximum Gasteiger partial charge on any atom is 0.522 e. The van der Waals surface area contributed by atoms with E-state index in [9.17, 15) is 18.0 Å². The van der Waals surface area contributed by atoms with E-state index in [1.165, 1.54) is 7.11 Å². The van der Waals surface area contributed by atoms with Gasteiger partial charge in [0.05, 0.1) is 13.7 Å². The van der Waals surface area contributed by atoms with Gasteiger partial charge < -0.3 is 15.2 Å². The Bertz CT molecular complexity index is 448. The minimum absolute atomic E-state index is 0.222. The van der Waals surface area contributed by atoms with Crippen LogP contribution in [0.25, 0.3) is 0 Å². The molecule has 1 atom stereocenters. The van der Waals surface area contributed by atoms with E-state index in [2.05, 4.69) is 9.47 Å². The lowest BCUT2D eigenvalue weighted by atomic mass is 10.1. The zero-order valence-corrected chi connectivity index (χ0v) is 11.4. The lowest BCUT2D eigenvalue weighted by molar-refractivity contribution is -0.325. The van der Waals surface area contributed by atoms with Crippen LogP contribution in [0.5, 0.6) is 5.75 Å². The molecule has 5 nitrogen and oxygen atoms in total. The van der Waals surface area contributed by atoms with E-state index in [1.807, 2.05) is 0 Å². The molecule has 2 N–H and O–H groups in total. The molecule has 0 radical (unpaired) electrons. The standard InChI is InChI=1S/C13H16F3NO4/c1-19-12(18)11(17)8-9-2-4-10(5-3-9)20-6-7-21-13(14,15)16/h2-5,11H,6-8,17H2,1H3. The first-order chi connectivity index (χ1) is 9.81. The third-order valence-corrected chi connectivity index (χ3v) is 2.50. The van der Waals surface area contributed by atoms with Crippen molar-refractivity contribution in [2.24, 2.45) is 5.73 Å². The molecule has 0 saturated carbocycles. The summed E-state index contributed by atoms with van der Waals surface area (Å²) in [5.74, 6) is -0.115. The number of benzene rings is 1. The molecular weight excluding hydrogens is 291 g/mol. The van der Waals surface area contributed by atoms with Gasteiger partial charge in [-0.2, -0.15) is 0 Å². The second-order valence-corrected chi connectivity index (χ2v) is 4.12. The molecule has 0 aromatic heterocycles. The average molecular weight is 307 g/mol. The number of carbonyl (C=O) groups is 1. The number of rotatable bonds is 7. The monoisotopic (exact) mass is 307 g/mol. The van der Waals surface area contributed by atoms with Gasteiger partial charge in [-0.3, -0.25) is 9.53 Å². The third kappa shape index (κ3) is 6.96. The first kappa shape index (κ1) is 17.3. The van der Waals surface area contributed by atoms with E-state index >= 15 is 0 Å². The van der Waals surface area contributed by atoms with Gasteiger partial charge in [-0.1, -0.05) is 12.1 Å². The third-order valence-electron chi connectivity index (χ3n) is 2.50. The minimum Gasteiger partial charge on any atom is -0.491 e. The second-order valence-electron chi connectivity index (χ2n) is 4.12. The lowest BCUT2D eigenvalue weighted by Crippen LogP contribution is -2.33. The summed E-state index contributed by atoms with van der Waals surface area (Å²) in [6.45, 7) is -0.807. The minimum atomic E-state index is -4.66. The highest BCUT2D eigenvalue weighted by Gasteiger charge is 2.28. The van der Waals surface area contributed by atoms with Crippen LogP contribution in [0.4, 0.5) is 13.2 Å². The van der Waals surface area contributed by atoms with Crippen LogP contribution in [0.3, 0.4) is 0 Å². The average Bonchev–Trinajstić information content (AvgIpc) is 2.43. The quantitative estimate of drug-likeness (QED) is 0.612. The number of hydrogen-bond acceptors (Lipinski definition) is 5. The molecule has 0 aliphatic carbocycles. The summed E-state index contributed by atoms with van der Waals surface area (Å²) in [6, 6.07) is 5.73. The van der Waals surface area contributed by atoms with Gasteiger partial charge in [-0.15, -0.1) is 13.2 Å². The number of nitrogens with two attached hydrogens (primary N) is 1. The zero-order chi connectivity index (χ0) is 15.9. The molecule has 0 bridgehead atoms. The maximum atomic E-state index is 11.7. The number of methoxy groups -OCH3 is 1. The van der Waals surface area contributed by atoms with Gasteiger partial charge in [0.25, 0.3) is 0 Å². The molecule has 1 rings (SSSR count). The Morgan fingerprint density at radius 1 is 1.24 bits per heavy atom. The molecule has 0 heterocycles. The topological polar surface area (TPSA) is 70.8 Å². The van der Waals surface area contributed by atoms with Crippen LogP contribution < -0.4 is 10.5 Å². The van der Waals surface area contributed by atoms with Crippen LogP contribution >= 0.6 is 0 Å². The maximum absolute atomic E-state index is 11.7. The van der Waals surface area contributed by atoms with Crippen molar-refractivity contribution in [1.29, 1.82) is 0 Å². The van der Waals surface area contributed by atoms with Crippen LogP contribution in [0, 0.1) is 0 Å². The highest BCUT2D eigenvalue weighted by atomic mass is 19.4. The van der Waals surface area contributed by atoms with Crippen LogP contribution in [0.2, 0.25) is 0 Å². The van der Waals surface area contributed by atoms with Gasteiger partial charge in [0.2, 0.25) is 0 Å². The van der Waals surface area contributed by atoms with Crippen LogP contribution in [0.1, 0.15) is 5.56 Å². The Labute approximate surface area is 119 Å². The van der Waals surface area contributed by atoms with Crippen molar-refractivity contribution in [3.8, 4) is 5.75 Å². The lowest BCUT2D eigenvalue weighted by Gasteiger charge is -2.11. The highest BCUT2D eigenvalue weighted by molar-refractivity contribution is 5.75. The summed E-state index contributed by atoms with van der Waals surface area (Å²) >= 11 is 0. The van der Waals surface area contributed by atoms with Crippen molar-refractivity contribution in [2.75, 3.05) is 20.3 Å². The van der Waals surface area contributed by atoms with Gasteiger partial charge in [-0.05, 0) is 24.1 Å². The molecule has 0 fully saturated rings. The molecule has 0 aliphatic rings. The molecule has 0 spiro atoms. The Morgan fingerprint density at radius 3 is 2.38 bits per heavy atom. The largest absolute Gasteiger partial charge is 0.522 e. The molecule has 0 aliphatic heterocycles. The van der Waals surface area contributed by atoms with Crippen molar-refractivity contribution in [3.63, 3.8) is 0 Å². The normalized spacial score (nSPS) is 12.8. The fraction of sp³-hybridized carbons (Fsp3) is 0.462. The smallest absolute Gasteiger partial charge is 0.491 e. The van der Waals surface area contributed by atoms with Crippen molar-refractivity contribution in [1.82, 2.24) is 0 Å². The number of carbonyl (C=O) groups excluding carboxylic acids is 1. The molecule has 118 valence electrons. The van der Waals surface area contributed by atoms with Gasteiger partial charge >= 0.3 is 12.3 Å². The Hall–Kier alpha value is -1.80. The zero-order valence-electron chi connectivity index (χ0n) is 11.4. The molecule has 0 saturated heterocycles. The van der Waals surface area contributed by atoms with Gasteiger partial charge in [0, 0.05) is 0 Å². The molecule has 1 aromatic carbocycles. The van der Waals surface area contributed by atoms with E-state index in [-0.39, 0.29) is 6.61 Å². The van der Waals surface area contributed by atoms with Gasteiger partial charge in [0.15, 0.2) is 0 Å². The van der Waals surface area contributed by atoms with E-state index < -0.39 is 25.0 Å². The van der Waals surface area contributed by atoms with Crippen LogP contribution in [-0.4, -0.2) is 38.7 Å². The van der Waals surface area contributed by atoms with Crippen molar-refractivity contribution in [2.45, 2.75) is 18.8 Å². The SMILES string of the molecule is COC(=O)C(N)Cc1ccc(OCCOC(F)(F)F)cc1. The summed E-state index contributed by atoms with van der Waals surface area (Å²) in [5.41, 5.74) is 6.39. The number of esters is 1. The predicted molar refractivity (Wildman–Crippen MR) is 67.6 cm³/mol. The second kappa shape index (κ2) is 7.84. The van der Waals surface area contributed by atoms with Crippen molar-refractivity contribution >= 4 is 5.97 Å². The molecule has 8 heteroatoms. The van der Waals surface area contributed by atoms with Crippen molar-refractivity contribution < 1.29 is 32.2 Å². The van der Waals surface area contributed by atoms with Gasteiger partial charge in [0.1, 0.15) is 18.4 Å². The van der Waals surface area contributed by atoms with Crippen LogP contribution in [0.15, 0.2) is 24.3 Å². The first-order valence-corrected chi connectivity index (χ1v) is 6.07. The van der Waals surface area contributed by atoms with E-state index in [1.54, 1.807) is 24.3 Å². The van der Waals surface area contributed by atoms with Crippen molar-refractivity contribution in [3.05, 3.63) is 29.8 Å². The molecular formula is C13H16F3NO4. The fourth-order valence-corrected chi connectivity index (χ4v) is 1.53. The summed E-state index contributed by atoms with van der Waals surface area (Å²) < 4.78 is 48.3.